The van der Waals surface area contributed by atoms with E-state index in [1.165, 1.54) is 93.7 Å². The van der Waals surface area contributed by atoms with Crippen molar-refractivity contribution in [2.75, 3.05) is 10.6 Å². The molecule has 0 atom stereocenters. The molecule has 0 aliphatic heterocycles. The number of carbonyl (C=O) groups is 2. The van der Waals surface area contributed by atoms with Crippen molar-refractivity contribution in [2.45, 2.75) is 33.1 Å². The number of nitrogens with zero attached hydrogens (tertiary/aromatic N) is 8. The summed E-state index contributed by atoms with van der Waals surface area (Å²) < 4.78 is 102. The molecule has 8 aromatic rings. The van der Waals surface area contributed by atoms with Crippen molar-refractivity contribution in [3.05, 3.63) is 149 Å². The summed E-state index contributed by atoms with van der Waals surface area (Å²) in [5.74, 6) is -2.14. The molecular formula is C41H28F7N10O2+. The molecule has 8 rings (SSSR count). The van der Waals surface area contributed by atoms with E-state index in [1.807, 2.05) is 0 Å². The summed E-state index contributed by atoms with van der Waals surface area (Å²) in [7, 11) is 0. The number of pyridine rings is 2. The number of alkyl halides is 6. The van der Waals surface area contributed by atoms with Crippen LogP contribution in [0.25, 0.3) is 39.5 Å². The first-order chi connectivity index (χ1) is 28.5. The molecule has 0 aliphatic carbocycles. The zero-order valence-electron chi connectivity index (χ0n) is 31.4. The lowest BCUT2D eigenvalue weighted by Gasteiger charge is -2.12. The molecule has 0 radical (unpaired) electrons. The van der Waals surface area contributed by atoms with Crippen molar-refractivity contribution in [2.24, 2.45) is 0 Å². The van der Waals surface area contributed by atoms with Gasteiger partial charge in [0, 0.05) is 36.0 Å². The first-order valence-corrected chi connectivity index (χ1v) is 17.8. The fraction of sp³-hybridized carbons (Fsp3) is 0.122. The lowest BCUT2D eigenvalue weighted by Crippen LogP contribution is -2.40. The van der Waals surface area contributed by atoms with Gasteiger partial charge in [0.25, 0.3) is 11.8 Å². The number of hydrogen-bond acceptors (Lipinski definition) is 7. The van der Waals surface area contributed by atoms with Gasteiger partial charge in [-0.3, -0.25) is 9.59 Å². The van der Waals surface area contributed by atoms with Crippen molar-refractivity contribution < 1.29 is 45.0 Å². The molecule has 0 fully saturated rings. The summed E-state index contributed by atoms with van der Waals surface area (Å²) >= 11 is 0. The number of fused-ring (bicyclic) bond motifs is 2. The van der Waals surface area contributed by atoms with Gasteiger partial charge in [0.2, 0.25) is 17.0 Å². The summed E-state index contributed by atoms with van der Waals surface area (Å²) in [6, 6.07) is 17.9. The van der Waals surface area contributed by atoms with Crippen LogP contribution < -0.4 is 15.3 Å². The van der Waals surface area contributed by atoms with Crippen molar-refractivity contribution in [1.82, 2.24) is 34.1 Å². The van der Waals surface area contributed by atoms with E-state index in [2.05, 4.69) is 35.7 Å². The van der Waals surface area contributed by atoms with Gasteiger partial charge in [-0.2, -0.15) is 31.4 Å². The second-order valence-corrected chi connectivity index (χ2v) is 13.5. The predicted octanol–water partition coefficient (Wildman–Crippen LogP) is 8.38. The van der Waals surface area contributed by atoms with Crippen molar-refractivity contribution in [3.63, 3.8) is 0 Å². The normalized spacial score (nSPS) is 12.0. The highest BCUT2D eigenvalue weighted by molar-refractivity contribution is 6.09. The Labute approximate surface area is 334 Å². The number of carbonyl (C=O) groups excluding carboxylic acids is 2. The lowest BCUT2D eigenvalue weighted by molar-refractivity contribution is -0.673. The highest BCUT2D eigenvalue weighted by Gasteiger charge is 2.36. The smallest absolute Gasteiger partial charge is 0.306 e. The van der Waals surface area contributed by atoms with E-state index in [9.17, 15) is 40.3 Å². The molecule has 0 spiro atoms. The molecule has 2 aromatic carbocycles. The van der Waals surface area contributed by atoms with Crippen LogP contribution in [0.5, 0.6) is 0 Å². The van der Waals surface area contributed by atoms with Crippen LogP contribution in [-0.2, 0) is 12.4 Å². The molecule has 0 saturated carbocycles. The Kier molecular flexibility index (Phi) is 9.60. The zero-order valence-corrected chi connectivity index (χ0v) is 31.4. The first-order valence-electron chi connectivity index (χ1n) is 17.8. The summed E-state index contributed by atoms with van der Waals surface area (Å²) in [4.78, 5) is 45.2. The van der Waals surface area contributed by atoms with Crippen molar-refractivity contribution >= 4 is 34.7 Å². The van der Waals surface area contributed by atoms with Crippen LogP contribution in [0, 0.1) is 26.6 Å². The Morgan fingerprint density at radius 1 is 0.667 bits per heavy atom. The maximum absolute atomic E-state index is 14.1. The molecule has 302 valence electrons. The van der Waals surface area contributed by atoms with Crippen LogP contribution in [0.3, 0.4) is 0 Å². The van der Waals surface area contributed by atoms with E-state index in [4.69, 9.17) is 0 Å². The molecule has 6 heterocycles. The third-order valence-electron chi connectivity index (χ3n) is 9.46. The van der Waals surface area contributed by atoms with E-state index in [0.717, 1.165) is 24.4 Å². The van der Waals surface area contributed by atoms with E-state index in [0.29, 0.717) is 11.4 Å². The molecule has 0 unspecified atom stereocenters. The molecule has 19 heteroatoms. The fourth-order valence-corrected chi connectivity index (χ4v) is 6.92. The molecular weight excluding hydrogens is 798 g/mol. The highest BCUT2D eigenvalue weighted by Crippen LogP contribution is 2.38. The average molecular weight is 826 g/mol. The van der Waals surface area contributed by atoms with Gasteiger partial charge in [-0.05, 0) is 50.2 Å². The van der Waals surface area contributed by atoms with E-state index in [-0.39, 0.29) is 68.0 Å². The topological polar surface area (TPSA) is 135 Å². The predicted molar refractivity (Wildman–Crippen MR) is 203 cm³/mol. The van der Waals surface area contributed by atoms with Crippen LogP contribution >= 0.6 is 0 Å². The number of anilines is 2. The number of rotatable bonds is 7. The van der Waals surface area contributed by atoms with Gasteiger partial charge in [0.1, 0.15) is 23.0 Å². The number of hydrogen-bond donors (Lipinski definition) is 2. The Bertz CT molecular complexity index is 3010. The van der Waals surface area contributed by atoms with Crippen LogP contribution in [0.4, 0.5) is 42.4 Å². The molecule has 6 aromatic heterocycles. The van der Waals surface area contributed by atoms with E-state index in [1.54, 1.807) is 19.9 Å². The Morgan fingerprint density at radius 3 is 1.87 bits per heavy atom. The molecule has 0 aliphatic rings. The first kappa shape index (κ1) is 39.3. The number of aromatic nitrogens is 8. The molecule has 60 heavy (non-hydrogen) atoms. The third kappa shape index (κ3) is 7.24. The number of aryl methyl sites for hydroxylation is 2. The van der Waals surface area contributed by atoms with Gasteiger partial charge in [0.05, 0.1) is 46.7 Å². The highest BCUT2D eigenvalue weighted by atomic mass is 19.4. The summed E-state index contributed by atoms with van der Waals surface area (Å²) in [5, 5.41) is 9.63. The number of halogens is 7. The van der Waals surface area contributed by atoms with Gasteiger partial charge in [0.15, 0.2) is 11.2 Å². The molecule has 12 nitrogen and oxygen atoms in total. The Balaban J connectivity index is 1.22. The maximum Gasteiger partial charge on any atom is 0.417 e. The SMILES string of the molecule is Cc1cc(-[n+]2c(C)c(C(=O)Nc3ccc(F)cn3)c3nc(-c4ccccc4C(F)(F)F)ccn32)cc(NC(=O)c2c(C)nn3ccc(-c4ccccc4C(F)(F)F)nc23)n1. The molecule has 2 amide bonds. The number of amides is 2. The van der Waals surface area contributed by atoms with Gasteiger partial charge < -0.3 is 10.6 Å². The number of nitrogens with one attached hydrogen (secondary N) is 2. The minimum absolute atomic E-state index is 0.0100. The quantitative estimate of drug-likeness (QED) is 0.122. The summed E-state index contributed by atoms with van der Waals surface area (Å²) in [5.41, 5.74) is -1.39. The Hall–Kier alpha value is -7.57. The summed E-state index contributed by atoms with van der Waals surface area (Å²) in [6.45, 7) is 4.74. The van der Waals surface area contributed by atoms with Crippen LogP contribution in [0.2, 0.25) is 0 Å². The minimum atomic E-state index is -4.72. The average Bonchev–Trinajstić information content (AvgIpc) is 3.69. The van der Waals surface area contributed by atoms with Crippen molar-refractivity contribution in [1.29, 1.82) is 0 Å². The van der Waals surface area contributed by atoms with Gasteiger partial charge in [-0.1, -0.05) is 41.1 Å². The molecule has 0 saturated heterocycles. The number of benzene rings is 2. The van der Waals surface area contributed by atoms with Gasteiger partial charge in [-0.25, -0.2) is 28.8 Å². The molecule has 2 N–H and O–H groups in total. The van der Waals surface area contributed by atoms with Crippen LogP contribution in [-0.4, -0.2) is 45.9 Å². The second-order valence-electron chi connectivity index (χ2n) is 13.5. The Morgan fingerprint density at radius 2 is 1.25 bits per heavy atom. The largest absolute Gasteiger partial charge is 0.417 e. The minimum Gasteiger partial charge on any atom is -0.306 e. The van der Waals surface area contributed by atoms with E-state index < -0.39 is 41.1 Å². The van der Waals surface area contributed by atoms with Gasteiger partial charge in [-0.15, -0.1) is 4.52 Å². The van der Waals surface area contributed by atoms with Crippen LogP contribution in [0.1, 0.15) is 48.9 Å². The second kappa shape index (κ2) is 14.7. The van der Waals surface area contributed by atoms with Crippen molar-refractivity contribution in [3.8, 4) is 28.2 Å². The van der Waals surface area contributed by atoms with E-state index >= 15 is 0 Å². The fourth-order valence-electron chi connectivity index (χ4n) is 6.92. The monoisotopic (exact) mass is 825 g/mol. The van der Waals surface area contributed by atoms with Gasteiger partial charge >= 0.3 is 12.4 Å². The third-order valence-corrected chi connectivity index (χ3v) is 9.46. The van der Waals surface area contributed by atoms with Crippen LogP contribution in [0.15, 0.2) is 104 Å². The standard InChI is InChI=1S/C41H27F7N10O2/c1-21-18-25(19-33(50-21)54-38(59)34-22(2)55-56-16-14-30(51-36(34)56)26-8-4-6-10-28(26)40(43,44)45)58-23(3)35(39(60)53-32-13-12-24(42)20-49-32)37-52-31(15-17-57(37)58)27-9-5-7-11-29(27)41(46,47)48/h4-20H,1-3H3,(H-,49,50,53,54,59,60)/p+1. The lowest BCUT2D eigenvalue weighted by atomic mass is 10.0. The maximum atomic E-state index is 14.1. The summed E-state index contributed by atoms with van der Waals surface area (Å²) in [6.07, 6.45) is -5.66. The molecule has 0 bridgehead atoms. The zero-order chi connectivity index (χ0) is 42.7.